The maximum Gasteiger partial charge on any atom is 0.290 e. The van der Waals surface area contributed by atoms with Crippen molar-refractivity contribution >= 4 is 5.91 Å². The minimum Gasteiger partial charge on any atom is -0.476 e. The highest BCUT2D eigenvalue weighted by Gasteiger charge is 2.33. The van der Waals surface area contributed by atoms with Crippen LogP contribution in [0.4, 0.5) is 0 Å². The van der Waals surface area contributed by atoms with E-state index in [1.807, 2.05) is 31.8 Å². The molecule has 0 bridgehead atoms. The van der Waals surface area contributed by atoms with Crippen molar-refractivity contribution in [1.29, 1.82) is 0 Å². The number of likely N-dealkylation sites (N-methyl/N-ethyl adjacent to an activating group) is 1. The van der Waals surface area contributed by atoms with E-state index >= 15 is 0 Å². The second-order valence-corrected chi connectivity index (χ2v) is 5.94. The summed E-state index contributed by atoms with van der Waals surface area (Å²) in [5.74, 6) is 0.0674. The lowest BCUT2D eigenvalue weighted by molar-refractivity contribution is -0.0627. The predicted octanol–water partition coefficient (Wildman–Crippen LogP) is 0.608. The smallest absolute Gasteiger partial charge is 0.290 e. The third-order valence-corrected chi connectivity index (χ3v) is 4.23. The second kappa shape index (κ2) is 7.66. The highest BCUT2D eigenvalue weighted by Crippen LogP contribution is 2.27. The van der Waals surface area contributed by atoms with E-state index in [9.17, 15) is 4.79 Å². The first kappa shape index (κ1) is 17.4. The Morgan fingerprint density at radius 1 is 1.48 bits per heavy atom. The van der Waals surface area contributed by atoms with E-state index in [1.165, 1.54) is 6.07 Å². The molecule has 2 aromatic heterocycles. The minimum atomic E-state index is -0.348. The van der Waals surface area contributed by atoms with E-state index < -0.39 is 0 Å². The number of carbonyl (C=O) groups is 1. The number of morpholine rings is 1. The third-order valence-electron chi connectivity index (χ3n) is 4.23. The van der Waals surface area contributed by atoms with Crippen LogP contribution in [0.3, 0.4) is 0 Å². The molecule has 0 radical (unpaired) electrons. The van der Waals surface area contributed by atoms with Crippen LogP contribution >= 0.6 is 0 Å². The molecule has 9 nitrogen and oxygen atoms in total. The van der Waals surface area contributed by atoms with Gasteiger partial charge in [0.25, 0.3) is 11.8 Å². The summed E-state index contributed by atoms with van der Waals surface area (Å²) >= 11 is 0. The van der Waals surface area contributed by atoms with Crippen LogP contribution in [0.15, 0.2) is 23.1 Å². The summed E-state index contributed by atoms with van der Waals surface area (Å²) in [7, 11) is 3.99. The Kier molecular flexibility index (Phi) is 5.34. The lowest BCUT2D eigenvalue weighted by Gasteiger charge is -2.39. The van der Waals surface area contributed by atoms with E-state index in [1.54, 1.807) is 6.33 Å². The van der Waals surface area contributed by atoms with E-state index in [4.69, 9.17) is 14.0 Å². The summed E-state index contributed by atoms with van der Waals surface area (Å²) in [6.07, 6.45) is 3.40. The van der Waals surface area contributed by atoms with Crippen LogP contribution in [-0.2, 0) is 11.8 Å². The molecule has 2 aromatic rings. The summed E-state index contributed by atoms with van der Waals surface area (Å²) in [5.41, 5.74) is 1.04. The summed E-state index contributed by atoms with van der Waals surface area (Å²) in [4.78, 5) is 18.7. The molecule has 1 N–H and O–H groups in total. The Morgan fingerprint density at radius 2 is 2.32 bits per heavy atom. The molecule has 1 aliphatic rings. The molecule has 9 heteroatoms. The third kappa shape index (κ3) is 3.83. The van der Waals surface area contributed by atoms with Gasteiger partial charge in [-0.05, 0) is 19.1 Å². The second-order valence-electron chi connectivity index (χ2n) is 5.94. The number of nitrogens with zero attached hydrogens (tertiary/aromatic N) is 4. The first-order valence-electron chi connectivity index (χ1n) is 8.26. The van der Waals surface area contributed by atoms with Gasteiger partial charge in [0, 0.05) is 26.3 Å². The molecule has 25 heavy (non-hydrogen) atoms. The summed E-state index contributed by atoms with van der Waals surface area (Å²) in [6, 6.07) is 1.49. The van der Waals surface area contributed by atoms with Crippen LogP contribution in [0.2, 0.25) is 0 Å². The molecule has 3 rings (SSSR count). The fourth-order valence-corrected chi connectivity index (χ4v) is 2.96. The Balaban J connectivity index is 1.65. The van der Waals surface area contributed by atoms with E-state index in [2.05, 4.69) is 20.4 Å². The maximum absolute atomic E-state index is 12.3. The number of imidazole rings is 1. The zero-order valence-electron chi connectivity index (χ0n) is 14.6. The molecular formula is C16H23N5O4. The van der Waals surface area contributed by atoms with E-state index in [0.717, 1.165) is 12.2 Å². The van der Waals surface area contributed by atoms with Crippen molar-refractivity contribution in [2.75, 3.05) is 33.4 Å². The van der Waals surface area contributed by atoms with Gasteiger partial charge in [-0.15, -0.1) is 0 Å². The van der Waals surface area contributed by atoms with Crippen LogP contribution in [-0.4, -0.2) is 65.0 Å². The molecule has 0 saturated carbocycles. The van der Waals surface area contributed by atoms with Gasteiger partial charge in [-0.2, -0.15) is 0 Å². The Labute approximate surface area is 145 Å². The summed E-state index contributed by atoms with van der Waals surface area (Å²) < 4.78 is 18.1. The molecule has 2 atom stereocenters. The lowest BCUT2D eigenvalue weighted by Crippen LogP contribution is -2.48. The number of carbonyl (C=O) groups excluding carboxylic acids is 1. The van der Waals surface area contributed by atoms with Crippen molar-refractivity contribution in [3.8, 4) is 5.88 Å². The summed E-state index contributed by atoms with van der Waals surface area (Å²) in [6.45, 7) is 4.08. The van der Waals surface area contributed by atoms with Crippen molar-refractivity contribution in [3.63, 3.8) is 0 Å². The van der Waals surface area contributed by atoms with Crippen LogP contribution in [0.5, 0.6) is 5.88 Å². The van der Waals surface area contributed by atoms with Gasteiger partial charge in [-0.3, -0.25) is 9.69 Å². The standard InChI is InChI=1S/C16H23N5O4/c1-4-23-14-7-12(25-19-14)16(22)18-9-13-15(20(2)5-6-24-13)11-8-17-10-21(11)3/h7-8,10,13,15H,4-6,9H2,1-3H3,(H,18,22)/t13-,15-/m0/s1. The number of rotatable bonds is 6. The highest BCUT2D eigenvalue weighted by molar-refractivity contribution is 5.91. The minimum absolute atomic E-state index is 0.00950. The van der Waals surface area contributed by atoms with E-state index in [0.29, 0.717) is 25.6 Å². The number of hydrogen-bond donors (Lipinski definition) is 1. The Hall–Kier alpha value is -2.39. The van der Waals surface area contributed by atoms with E-state index in [-0.39, 0.29) is 23.8 Å². The molecular weight excluding hydrogens is 326 g/mol. The van der Waals surface area contributed by atoms with Crippen LogP contribution in [0, 0.1) is 0 Å². The maximum atomic E-state index is 12.3. The highest BCUT2D eigenvalue weighted by atomic mass is 16.5. The molecule has 0 unspecified atom stereocenters. The van der Waals surface area contributed by atoms with Crippen LogP contribution < -0.4 is 10.1 Å². The van der Waals surface area contributed by atoms with Gasteiger partial charge in [-0.25, -0.2) is 4.98 Å². The summed E-state index contributed by atoms with van der Waals surface area (Å²) in [5, 5.41) is 6.54. The average Bonchev–Trinajstić information content (AvgIpc) is 3.22. The SMILES string of the molecule is CCOc1cc(C(=O)NC[C@@H]2OCCN(C)[C@H]2c2cncn2C)on1. The molecule has 0 aliphatic carbocycles. The fourth-order valence-electron chi connectivity index (χ4n) is 2.96. The van der Waals surface area contributed by atoms with Gasteiger partial charge in [0.15, 0.2) is 0 Å². The first-order chi connectivity index (χ1) is 12.1. The lowest BCUT2D eigenvalue weighted by atomic mass is 10.0. The first-order valence-corrected chi connectivity index (χ1v) is 8.26. The van der Waals surface area contributed by atoms with Crippen LogP contribution in [0.1, 0.15) is 29.2 Å². The van der Waals surface area contributed by atoms with Gasteiger partial charge in [-0.1, -0.05) is 0 Å². The van der Waals surface area contributed by atoms with Gasteiger partial charge < -0.3 is 23.9 Å². The van der Waals surface area contributed by atoms with Crippen molar-refractivity contribution in [2.24, 2.45) is 7.05 Å². The number of nitrogens with one attached hydrogen (secondary N) is 1. The number of amides is 1. The van der Waals surface area contributed by atoms with Gasteiger partial charge >= 0.3 is 0 Å². The zero-order valence-corrected chi connectivity index (χ0v) is 14.6. The monoisotopic (exact) mass is 349 g/mol. The zero-order chi connectivity index (χ0) is 17.8. The fraction of sp³-hybridized carbons (Fsp3) is 0.562. The molecule has 1 saturated heterocycles. The topological polar surface area (TPSA) is 94.7 Å². The quantitative estimate of drug-likeness (QED) is 0.816. The van der Waals surface area contributed by atoms with Crippen molar-refractivity contribution in [3.05, 3.63) is 30.0 Å². The van der Waals surface area contributed by atoms with Gasteiger partial charge in [0.05, 0.1) is 43.4 Å². The van der Waals surface area contributed by atoms with Crippen LogP contribution in [0.25, 0.3) is 0 Å². The van der Waals surface area contributed by atoms with Crippen molar-refractivity contribution < 1.29 is 18.8 Å². The molecule has 3 heterocycles. The number of aryl methyl sites for hydroxylation is 1. The van der Waals surface area contributed by atoms with Crippen molar-refractivity contribution in [2.45, 2.75) is 19.1 Å². The number of aromatic nitrogens is 3. The largest absolute Gasteiger partial charge is 0.476 e. The molecule has 0 spiro atoms. The number of hydrogen-bond acceptors (Lipinski definition) is 7. The molecule has 1 amide bonds. The van der Waals surface area contributed by atoms with Gasteiger partial charge in [0.2, 0.25) is 5.76 Å². The normalized spacial score (nSPS) is 21.2. The predicted molar refractivity (Wildman–Crippen MR) is 88.3 cm³/mol. The van der Waals surface area contributed by atoms with Crippen molar-refractivity contribution in [1.82, 2.24) is 24.9 Å². The average molecular weight is 349 g/mol. The number of ether oxygens (including phenoxy) is 2. The molecule has 136 valence electrons. The Morgan fingerprint density at radius 3 is 3.04 bits per heavy atom. The molecule has 1 aliphatic heterocycles. The molecule has 1 fully saturated rings. The van der Waals surface area contributed by atoms with Gasteiger partial charge in [0.1, 0.15) is 0 Å². The Bertz CT molecular complexity index is 713. The molecule has 0 aromatic carbocycles.